The van der Waals surface area contributed by atoms with E-state index < -0.39 is 0 Å². The van der Waals surface area contributed by atoms with Crippen LogP contribution in [0.3, 0.4) is 0 Å². The van der Waals surface area contributed by atoms with Crippen molar-refractivity contribution >= 4 is 34.0 Å². The third-order valence-electron chi connectivity index (χ3n) is 3.62. The summed E-state index contributed by atoms with van der Waals surface area (Å²) in [5, 5.41) is 26.3. The molecule has 9 heteroatoms. The maximum atomic E-state index is 12.1. The van der Waals surface area contributed by atoms with Crippen LogP contribution >= 0.6 is 23.1 Å². The summed E-state index contributed by atoms with van der Waals surface area (Å²) in [6.07, 6.45) is 0. The number of aryl methyl sites for hydroxylation is 1. The van der Waals surface area contributed by atoms with Crippen LogP contribution in [0.25, 0.3) is 5.69 Å². The Kier molecular flexibility index (Phi) is 5.11. The number of tetrazole rings is 1. The predicted octanol–water partition coefficient (Wildman–Crippen LogP) is 2.94. The van der Waals surface area contributed by atoms with E-state index in [2.05, 4.69) is 20.8 Å². The van der Waals surface area contributed by atoms with E-state index in [0.29, 0.717) is 15.7 Å². The molecule has 1 amide bonds. The van der Waals surface area contributed by atoms with Crippen molar-refractivity contribution in [2.24, 2.45) is 0 Å². The van der Waals surface area contributed by atoms with Gasteiger partial charge in [0.25, 0.3) is 0 Å². The SMILES string of the molecule is Cc1cccc(-n2nnnc2SCC(=O)Nc2sccc2C#N)c1C. The van der Waals surface area contributed by atoms with Crippen molar-refractivity contribution in [3.8, 4) is 11.8 Å². The molecular formula is C16H14N6OS2. The van der Waals surface area contributed by atoms with Crippen LogP contribution in [0.5, 0.6) is 0 Å². The molecule has 7 nitrogen and oxygen atoms in total. The molecule has 3 rings (SSSR count). The maximum Gasteiger partial charge on any atom is 0.235 e. The van der Waals surface area contributed by atoms with Crippen LogP contribution in [0.4, 0.5) is 5.00 Å². The fourth-order valence-electron chi connectivity index (χ4n) is 2.17. The van der Waals surface area contributed by atoms with Gasteiger partial charge in [0.15, 0.2) is 0 Å². The van der Waals surface area contributed by atoms with E-state index in [1.807, 2.05) is 38.1 Å². The first-order valence-corrected chi connectivity index (χ1v) is 9.22. The van der Waals surface area contributed by atoms with Gasteiger partial charge < -0.3 is 5.32 Å². The highest BCUT2D eigenvalue weighted by Gasteiger charge is 2.15. The molecule has 3 aromatic rings. The molecule has 0 unspecified atom stereocenters. The van der Waals surface area contributed by atoms with Gasteiger partial charge in [-0.15, -0.1) is 16.4 Å². The Morgan fingerprint density at radius 1 is 1.40 bits per heavy atom. The molecule has 0 aliphatic rings. The van der Waals surface area contributed by atoms with E-state index >= 15 is 0 Å². The van der Waals surface area contributed by atoms with Crippen LogP contribution in [0.1, 0.15) is 16.7 Å². The number of hydrogen-bond donors (Lipinski definition) is 1. The minimum atomic E-state index is -0.209. The molecule has 0 atom stereocenters. The number of carbonyl (C=O) groups is 1. The molecule has 1 aromatic carbocycles. The minimum absolute atomic E-state index is 0.147. The fraction of sp³-hybridized carbons (Fsp3) is 0.188. The number of anilines is 1. The Balaban J connectivity index is 1.71. The third-order valence-corrected chi connectivity index (χ3v) is 5.37. The number of rotatable bonds is 5. The lowest BCUT2D eigenvalue weighted by atomic mass is 10.1. The average molecular weight is 370 g/mol. The summed E-state index contributed by atoms with van der Waals surface area (Å²) in [6.45, 7) is 4.03. The molecule has 2 aromatic heterocycles. The fourth-order valence-corrected chi connectivity index (χ4v) is 3.61. The van der Waals surface area contributed by atoms with Gasteiger partial charge in [-0.1, -0.05) is 23.9 Å². The van der Waals surface area contributed by atoms with Crippen LogP contribution < -0.4 is 5.32 Å². The summed E-state index contributed by atoms with van der Waals surface area (Å²) in [7, 11) is 0. The third kappa shape index (κ3) is 3.70. The molecular weight excluding hydrogens is 356 g/mol. The Bertz CT molecular complexity index is 956. The number of thioether (sulfide) groups is 1. The molecule has 0 aliphatic carbocycles. The highest BCUT2D eigenvalue weighted by Crippen LogP contribution is 2.24. The van der Waals surface area contributed by atoms with Gasteiger partial charge in [-0.3, -0.25) is 4.79 Å². The number of hydrogen-bond acceptors (Lipinski definition) is 7. The number of benzene rings is 1. The molecule has 1 N–H and O–H groups in total. The molecule has 0 saturated heterocycles. The van der Waals surface area contributed by atoms with Crippen molar-refractivity contribution in [2.75, 3.05) is 11.1 Å². The van der Waals surface area contributed by atoms with Gasteiger partial charge in [0.05, 0.1) is 17.0 Å². The van der Waals surface area contributed by atoms with E-state index in [-0.39, 0.29) is 11.7 Å². The number of nitriles is 1. The van der Waals surface area contributed by atoms with Crippen molar-refractivity contribution < 1.29 is 4.79 Å². The number of thiophene rings is 1. The van der Waals surface area contributed by atoms with Crippen LogP contribution in [-0.4, -0.2) is 31.9 Å². The van der Waals surface area contributed by atoms with Crippen LogP contribution in [-0.2, 0) is 4.79 Å². The van der Waals surface area contributed by atoms with E-state index in [9.17, 15) is 4.79 Å². The summed E-state index contributed by atoms with van der Waals surface area (Å²) in [5.41, 5.74) is 3.57. The monoisotopic (exact) mass is 370 g/mol. The van der Waals surface area contributed by atoms with Gasteiger partial charge in [-0.2, -0.15) is 9.94 Å². The van der Waals surface area contributed by atoms with Gasteiger partial charge in [-0.05, 0) is 52.9 Å². The molecule has 0 radical (unpaired) electrons. The van der Waals surface area contributed by atoms with Gasteiger partial charge in [0.2, 0.25) is 11.1 Å². The van der Waals surface area contributed by atoms with Gasteiger partial charge in [-0.25, -0.2) is 0 Å². The van der Waals surface area contributed by atoms with E-state index in [4.69, 9.17) is 5.26 Å². The second kappa shape index (κ2) is 7.46. The predicted molar refractivity (Wildman–Crippen MR) is 97.0 cm³/mol. The van der Waals surface area contributed by atoms with E-state index in [1.54, 1.807) is 16.1 Å². The molecule has 126 valence electrons. The lowest BCUT2D eigenvalue weighted by Crippen LogP contribution is -2.14. The molecule has 25 heavy (non-hydrogen) atoms. The smallest absolute Gasteiger partial charge is 0.235 e. The molecule has 0 saturated carbocycles. The van der Waals surface area contributed by atoms with E-state index in [0.717, 1.165) is 16.8 Å². The largest absolute Gasteiger partial charge is 0.316 e. The second-order valence-corrected chi connectivity index (χ2v) is 7.06. The normalized spacial score (nSPS) is 10.4. The van der Waals surface area contributed by atoms with Crippen LogP contribution in [0.2, 0.25) is 0 Å². The zero-order chi connectivity index (χ0) is 17.8. The highest BCUT2D eigenvalue weighted by molar-refractivity contribution is 7.99. The van der Waals surface area contributed by atoms with Gasteiger partial charge in [0, 0.05) is 0 Å². The standard InChI is InChI=1S/C16H14N6OS2/c1-10-4-3-5-13(11(10)2)22-16(19-20-21-22)25-9-14(23)18-15-12(8-17)6-7-24-15/h3-7H,9H2,1-2H3,(H,18,23). The van der Waals surface area contributed by atoms with Crippen molar-refractivity contribution in [3.05, 3.63) is 46.3 Å². The zero-order valence-electron chi connectivity index (χ0n) is 13.6. The summed E-state index contributed by atoms with van der Waals surface area (Å²) < 4.78 is 1.63. The molecule has 0 bridgehead atoms. The number of nitrogens with one attached hydrogen (secondary N) is 1. The Labute approximate surface area is 152 Å². The summed E-state index contributed by atoms with van der Waals surface area (Å²) in [4.78, 5) is 12.1. The Morgan fingerprint density at radius 2 is 2.24 bits per heavy atom. The maximum absolute atomic E-state index is 12.1. The summed E-state index contributed by atoms with van der Waals surface area (Å²) >= 11 is 2.56. The summed E-state index contributed by atoms with van der Waals surface area (Å²) in [6, 6.07) is 9.63. The Hall–Kier alpha value is -2.70. The number of amides is 1. The first-order chi connectivity index (χ1) is 12.1. The molecule has 0 aliphatic heterocycles. The van der Waals surface area contributed by atoms with Gasteiger partial charge in [0.1, 0.15) is 11.1 Å². The summed E-state index contributed by atoms with van der Waals surface area (Å²) in [5.74, 6) is -0.0620. The number of aromatic nitrogens is 4. The average Bonchev–Trinajstić information content (AvgIpc) is 3.24. The van der Waals surface area contributed by atoms with Crippen LogP contribution in [0, 0.1) is 25.2 Å². The topological polar surface area (TPSA) is 96.5 Å². The minimum Gasteiger partial charge on any atom is -0.316 e. The van der Waals surface area contributed by atoms with Crippen molar-refractivity contribution in [1.82, 2.24) is 20.2 Å². The molecule has 2 heterocycles. The lowest BCUT2D eigenvalue weighted by molar-refractivity contribution is -0.113. The highest BCUT2D eigenvalue weighted by atomic mass is 32.2. The molecule has 0 fully saturated rings. The number of carbonyl (C=O) groups excluding carboxylic acids is 1. The number of nitrogens with zero attached hydrogens (tertiary/aromatic N) is 5. The Morgan fingerprint density at radius 3 is 3.04 bits per heavy atom. The quantitative estimate of drug-likeness (QED) is 0.694. The van der Waals surface area contributed by atoms with Crippen molar-refractivity contribution in [3.63, 3.8) is 0 Å². The first-order valence-electron chi connectivity index (χ1n) is 7.35. The van der Waals surface area contributed by atoms with Gasteiger partial charge >= 0.3 is 0 Å². The van der Waals surface area contributed by atoms with Crippen LogP contribution in [0.15, 0.2) is 34.8 Å². The lowest BCUT2D eigenvalue weighted by Gasteiger charge is -2.09. The van der Waals surface area contributed by atoms with Crippen molar-refractivity contribution in [1.29, 1.82) is 5.26 Å². The molecule has 0 spiro atoms. The zero-order valence-corrected chi connectivity index (χ0v) is 15.2. The van der Waals surface area contributed by atoms with Crippen molar-refractivity contribution in [2.45, 2.75) is 19.0 Å². The van der Waals surface area contributed by atoms with E-state index in [1.165, 1.54) is 23.1 Å². The second-order valence-electron chi connectivity index (χ2n) is 5.20. The first kappa shape index (κ1) is 17.1.